The molecule has 2 nitrogen and oxygen atoms in total. The molecule has 0 aromatic carbocycles. The second-order valence-electron chi connectivity index (χ2n) is 4.09. The Morgan fingerprint density at radius 1 is 1.50 bits per heavy atom. The van der Waals surface area contributed by atoms with E-state index in [2.05, 4.69) is 0 Å². The first-order chi connectivity index (χ1) is 6.77. The molecule has 0 radical (unpaired) electrons. The van der Waals surface area contributed by atoms with E-state index < -0.39 is 5.60 Å². The molecule has 1 heterocycles. The number of thiophene rings is 1. The van der Waals surface area contributed by atoms with Gasteiger partial charge in [-0.15, -0.1) is 11.3 Å². The van der Waals surface area contributed by atoms with E-state index in [9.17, 15) is 5.11 Å². The van der Waals surface area contributed by atoms with Crippen molar-refractivity contribution in [3.05, 3.63) is 22.4 Å². The van der Waals surface area contributed by atoms with Gasteiger partial charge in [0.15, 0.2) is 0 Å². The van der Waals surface area contributed by atoms with E-state index in [1.165, 1.54) is 12.8 Å². The fraction of sp³-hybridized carbons (Fsp3) is 0.636. The number of hydrogen-bond acceptors (Lipinski definition) is 3. The Morgan fingerprint density at radius 2 is 2.21 bits per heavy atom. The summed E-state index contributed by atoms with van der Waals surface area (Å²) in [5.74, 6) is 0.367. The van der Waals surface area contributed by atoms with Gasteiger partial charge in [-0.3, -0.25) is 0 Å². The van der Waals surface area contributed by atoms with Crippen LogP contribution in [0.25, 0.3) is 0 Å². The van der Waals surface area contributed by atoms with Gasteiger partial charge in [0.1, 0.15) is 5.60 Å². The van der Waals surface area contributed by atoms with Crippen LogP contribution in [-0.2, 0) is 5.60 Å². The molecule has 1 unspecified atom stereocenters. The Morgan fingerprint density at radius 3 is 2.71 bits per heavy atom. The standard InChI is InChI=1S/C11H17NOS/c12-8-11(13,9-4-1-2-5-9)10-6-3-7-14-10/h3,6-7,9,13H,1-2,4-5,8,12H2. The molecule has 78 valence electrons. The lowest BCUT2D eigenvalue weighted by Gasteiger charge is -2.31. The lowest BCUT2D eigenvalue weighted by molar-refractivity contribution is -0.00969. The molecule has 1 aliphatic rings. The summed E-state index contributed by atoms with van der Waals surface area (Å²) in [4.78, 5) is 1.03. The summed E-state index contributed by atoms with van der Waals surface area (Å²) in [6.07, 6.45) is 4.70. The third-order valence-electron chi connectivity index (χ3n) is 3.29. The zero-order chi connectivity index (χ0) is 10.0. The van der Waals surface area contributed by atoms with Gasteiger partial charge in [0, 0.05) is 11.4 Å². The van der Waals surface area contributed by atoms with Crippen molar-refractivity contribution < 1.29 is 5.11 Å². The summed E-state index contributed by atoms with van der Waals surface area (Å²) in [6.45, 7) is 0.345. The average molecular weight is 211 g/mol. The van der Waals surface area contributed by atoms with Gasteiger partial charge in [0.05, 0.1) is 0 Å². The maximum Gasteiger partial charge on any atom is 0.114 e. The Hall–Kier alpha value is -0.380. The number of hydrogen-bond donors (Lipinski definition) is 2. The highest BCUT2D eigenvalue weighted by molar-refractivity contribution is 7.10. The summed E-state index contributed by atoms with van der Waals surface area (Å²) in [5, 5.41) is 12.6. The zero-order valence-electron chi connectivity index (χ0n) is 8.28. The Bertz CT molecular complexity index is 279. The zero-order valence-corrected chi connectivity index (χ0v) is 9.09. The van der Waals surface area contributed by atoms with Crippen molar-refractivity contribution in [3.63, 3.8) is 0 Å². The molecular formula is C11H17NOS. The van der Waals surface area contributed by atoms with Crippen LogP contribution in [0.3, 0.4) is 0 Å². The second-order valence-corrected chi connectivity index (χ2v) is 5.03. The quantitative estimate of drug-likeness (QED) is 0.804. The maximum atomic E-state index is 10.6. The fourth-order valence-corrected chi connectivity index (χ4v) is 3.31. The van der Waals surface area contributed by atoms with Crippen molar-refractivity contribution in [2.45, 2.75) is 31.3 Å². The van der Waals surface area contributed by atoms with Crippen LogP contribution in [0.15, 0.2) is 17.5 Å². The van der Waals surface area contributed by atoms with Crippen molar-refractivity contribution in [1.29, 1.82) is 0 Å². The third kappa shape index (κ3) is 1.60. The normalized spacial score (nSPS) is 22.4. The van der Waals surface area contributed by atoms with Crippen LogP contribution >= 0.6 is 11.3 Å². The number of aliphatic hydroxyl groups is 1. The van der Waals surface area contributed by atoms with Gasteiger partial charge >= 0.3 is 0 Å². The highest BCUT2D eigenvalue weighted by atomic mass is 32.1. The molecule has 1 aromatic heterocycles. The van der Waals surface area contributed by atoms with Crippen LogP contribution in [-0.4, -0.2) is 11.7 Å². The van der Waals surface area contributed by atoms with E-state index in [1.54, 1.807) is 11.3 Å². The van der Waals surface area contributed by atoms with E-state index in [-0.39, 0.29) is 0 Å². The van der Waals surface area contributed by atoms with Gasteiger partial charge in [0.25, 0.3) is 0 Å². The minimum atomic E-state index is -0.759. The van der Waals surface area contributed by atoms with Crippen molar-refractivity contribution in [2.24, 2.45) is 11.7 Å². The summed E-state index contributed by atoms with van der Waals surface area (Å²) >= 11 is 1.61. The molecule has 1 aromatic rings. The first-order valence-corrected chi connectivity index (χ1v) is 6.12. The molecule has 1 saturated carbocycles. The molecule has 1 atom stereocenters. The van der Waals surface area contributed by atoms with Crippen LogP contribution in [0.5, 0.6) is 0 Å². The van der Waals surface area contributed by atoms with Crippen LogP contribution in [0.1, 0.15) is 30.6 Å². The van der Waals surface area contributed by atoms with Gasteiger partial charge in [-0.25, -0.2) is 0 Å². The molecule has 0 saturated heterocycles. The lowest BCUT2D eigenvalue weighted by atomic mass is 9.85. The number of rotatable bonds is 3. The topological polar surface area (TPSA) is 46.2 Å². The van der Waals surface area contributed by atoms with E-state index >= 15 is 0 Å². The van der Waals surface area contributed by atoms with E-state index in [0.29, 0.717) is 12.5 Å². The van der Waals surface area contributed by atoms with Crippen LogP contribution in [0.2, 0.25) is 0 Å². The lowest BCUT2D eigenvalue weighted by Crippen LogP contribution is -2.40. The fourth-order valence-electron chi connectivity index (χ4n) is 2.40. The summed E-state index contributed by atoms with van der Waals surface area (Å²) in [5.41, 5.74) is 4.98. The molecule has 1 aliphatic carbocycles. The SMILES string of the molecule is NCC(O)(c1cccs1)C1CCCC1. The van der Waals surface area contributed by atoms with Crippen LogP contribution in [0.4, 0.5) is 0 Å². The van der Waals surface area contributed by atoms with Gasteiger partial charge < -0.3 is 10.8 Å². The van der Waals surface area contributed by atoms with Crippen LogP contribution in [0, 0.1) is 5.92 Å². The molecule has 0 bridgehead atoms. The minimum absolute atomic E-state index is 0.345. The first kappa shape index (κ1) is 10.1. The maximum absolute atomic E-state index is 10.6. The van der Waals surface area contributed by atoms with Gasteiger partial charge in [-0.2, -0.15) is 0 Å². The first-order valence-electron chi connectivity index (χ1n) is 5.24. The summed E-state index contributed by atoms with van der Waals surface area (Å²) in [7, 11) is 0. The second kappa shape index (κ2) is 4.01. The average Bonchev–Trinajstić information content (AvgIpc) is 2.88. The minimum Gasteiger partial charge on any atom is -0.383 e. The van der Waals surface area contributed by atoms with Crippen molar-refractivity contribution in [1.82, 2.24) is 0 Å². The highest BCUT2D eigenvalue weighted by Crippen LogP contribution is 2.41. The van der Waals surface area contributed by atoms with E-state index in [1.807, 2.05) is 17.5 Å². The largest absolute Gasteiger partial charge is 0.383 e. The predicted molar refractivity (Wildman–Crippen MR) is 59.2 cm³/mol. The molecule has 0 amide bonds. The van der Waals surface area contributed by atoms with Gasteiger partial charge in [-0.1, -0.05) is 18.9 Å². The van der Waals surface area contributed by atoms with Gasteiger partial charge in [0.2, 0.25) is 0 Å². The smallest absolute Gasteiger partial charge is 0.114 e. The summed E-state index contributed by atoms with van der Waals surface area (Å²) < 4.78 is 0. The molecule has 0 spiro atoms. The predicted octanol–water partition coefficient (Wildman–Crippen LogP) is 2.08. The van der Waals surface area contributed by atoms with Gasteiger partial charge in [-0.05, 0) is 30.2 Å². The molecule has 1 fully saturated rings. The van der Waals surface area contributed by atoms with Crippen molar-refractivity contribution in [2.75, 3.05) is 6.54 Å². The van der Waals surface area contributed by atoms with E-state index in [0.717, 1.165) is 17.7 Å². The number of nitrogens with two attached hydrogens (primary N) is 1. The molecule has 2 rings (SSSR count). The third-order valence-corrected chi connectivity index (χ3v) is 4.33. The molecule has 3 heteroatoms. The molecule has 0 aliphatic heterocycles. The van der Waals surface area contributed by atoms with Crippen LogP contribution < -0.4 is 5.73 Å². The van der Waals surface area contributed by atoms with Crippen molar-refractivity contribution in [3.8, 4) is 0 Å². The Labute approximate surface area is 88.8 Å². The monoisotopic (exact) mass is 211 g/mol. The Balaban J connectivity index is 2.24. The van der Waals surface area contributed by atoms with Crippen molar-refractivity contribution >= 4 is 11.3 Å². The summed E-state index contributed by atoms with van der Waals surface area (Å²) in [6, 6.07) is 3.98. The Kier molecular flexibility index (Phi) is 2.91. The molecule has 14 heavy (non-hydrogen) atoms. The van der Waals surface area contributed by atoms with E-state index in [4.69, 9.17) is 5.73 Å². The molecule has 3 N–H and O–H groups in total. The molecular weight excluding hydrogens is 194 g/mol. The highest BCUT2D eigenvalue weighted by Gasteiger charge is 2.39.